The molecule has 1 spiro atoms. The second-order valence-electron chi connectivity index (χ2n) is 9.52. The second-order valence-corrected chi connectivity index (χ2v) is 9.95. The summed E-state index contributed by atoms with van der Waals surface area (Å²) in [4.78, 5) is 48.0. The molecule has 3 heterocycles. The van der Waals surface area contributed by atoms with E-state index in [1.165, 1.54) is 7.11 Å². The topological polar surface area (TPSA) is 101 Å². The molecule has 2 aliphatic rings. The lowest BCUT2D eigenvalue weighted by Crippen LogP contribution is -2.59. The fourth-order valence-electron chi connectivity index (χ4n) is 5.09. The molecule has 5 rings (SSSR count). The number of halogens is 1. The minimum Gasteiger partial charge on any atom is -0.497 e. The predicted molar refractivity (Wildman–Crippen MR) is 144 cm³/mol. The largest absolute Gasteiger partial charge is 0.497 e. The molecule has 3 aromatic rings. The van der Waals surface area contributed by atoms with Crippen molar-refractivity contribution in [3.8, 4) is 5.75 Å². The number of rotatable bonds is 6. The summed E-state index contributed by atoms with van der Waals surface area (Å²) in [7, 11) is 1.53. The van der Waals surface area contributed by atoms with Crippen molar-refractivity contribution in [3.05, 3.63) is 94.8 Å². The Balaban J connectivity index is 1.37. The first kappa shape index (κ1) is 26.6. The number of nitrogens with zero attached hydrogens (tertiary/aromatic N) is 3. The number of carbonyl (C=O) groups is 3. The number of amides is 3. The van der Waals surface area contributed by atoms with Crippen molar-refractivity contribution in [1.82, 2.24) is 20.1 Å². The van der Waals surface area contributed by atoms with Crippen LogP contribution in [0.5, 0.6) is 5.75 Å². The van der Waals surface area contributed by atoms with Crippen molar-refractivity contribution >= 4 is 29.3 Å². The lowest BCUT2D eigenvalue weighted by Gasteiger charge is -2.44. The third-order valence-electron chi connectivity index (χ3n) is 7.19. The SMILES string of the molecule is COc1cccc(C(=O)N2[C@@H](C(=O)NCc3ccccn3)COC23CCN(C(=O)c2ccc(Cl)cc2)CC3)c1. The van der Waals surface area contributed by atoms with E-state index in [0.717, 1.165) is 0 Å². The van der Waals surface area contributed by atoms with Crippen LogP contribution in [-0.2, 0) is 16.1 Å². The highest BCUT2D eigenvalue weighted by molar-refractivity contribution is 6.30. The zero-order valence-electron chi connectivity index (χ0n) is 21.5. The van der Waals surface area contributed by atoms with Crippen molar-refractivity contribution in [2.45, 2.75) is 31.2 Å². The summed E-state index contributed by atoms with van der Waals surface area (Å²) in [6, 6.07) is 18.2. The van der Waals surface area contributed by atoms with Gasteiger partial charge < -0.3 is 19.7 Å². The van der Waals surface area contributed by atoms with E-state index in [1.807, 2.05) is 12.1 Å². The third kappa shape index (κ3) is 5.60. The number of aromatic nitrogens is 1. The van der Waals surface area contributed by atoms with E-state index in [1.54, 1.807) is 70.6 Å². The van der Waals surface area contributed by atoms with Crippen LogP contribution in [0.3, 0.4) is 0 Å². The van der Waals surface area contributed by atoms with Crippen LogP contribution in [0.4, 0.5) is 0 Å². The van der Waals surface area contributed by atoms with Gasteiger partial charge in [-0.1, -0.05) is 23.7 Å². The summed E-state index contributed by atoms with van der Waals surface area (Å²) in [6.45, 7) is 1.01. The third-order valence-corrected chi connectivity index (χ3v) is 7.44. The van der Waals surface area contributed by atoms with Gasteiger partial charge in [-0.15, -0.1) is 0 Å². The Kier molecular flexibility index (Phi) is 7.81. The van der Waals surface area contributed by atoms with Gasteiger partial charge in [0, 0.05) is 48.3 Å². The lowest BCUT2D eigenvalue weighted by molar-refractivity contribution is -0.128. The molecule has 2 saturated heterocycles. The molecule has 2 aliphatic heterocycles. The molecule has 0 unspecified atom stereocenters. The van der Waals surface area contributed by atoms with Crippen LogP contribution in [0.25, 0.3) is 0 Å². The molecule has 202 valence electrons. The van der Waals surface area contributed by atoms with E-state index >= 15 is 0 Å². The first-order valence-corrected chi connectivity index (χ1v) is 13.1. The molecule has 3 amide bonds. The van der Waals surface area contributed by atoms with Crippen LogP contribution in [0.1, 0.15) is 39.3 Å². The number of methoxy groups -OCH3 is 1. The summed E-state index contributed by atoms with van der Waals surface area (Å²) in [5.74, 6) is -0.236. The van der Waals surface area contributed by atoms with E-state index < -0.39 is 11.8 Å². The molecule has 39 heavy (non-hydrogen) atoms. The van der Waals surface area contributed by atoms with Crippen LogP contribution in [0.2, 0.25) is 5.02 Å². The lowest BCUT2D eigenvalue weighted by atomic mass is 9.96. The first-order valence-electron chi connectivity index (χ1n) is 12.7. The van der Waals surface area contributed by atoms with Crippen molar-refractivity contribution in [2.24, 2.45) is 0 Å². The maximum absolute atomic E-state index is 14.0. The monoisotopic (exact) mass is 548 g/mol. The summed E-state index contributed by atoms with van der Waals surface area (Å²) in [5.41, 5.74) is 0.614. The summed E-state index contributed by atoms with van der Waals surface area (Å²) >= 11 is 5.97. The number of carbonyl (C=O) groups excluding carboxylic acids is 3. The Morgan fingerprint density at radius 1 is 1.03 bits per heavy atom. The maximum Gasteiger partial charge on any atom is 0.257 e. The highest BCUT2D eigenvalue weighted by Gasteiger charge is 2.54. The number of benzene rings is 2. The van der Waals surface area contributed by atoms with Crippen LogP contribution in [0.15, 0.2) is 72.9 Å². The van der Waals surface area contributed by atoms with E-state index in [4.69, 9.17) is 21.1 Å². The van der Waals surface area contributed by atoms with Gasteiger partial charge in [-0.2, -0.15) is 0 Å². The van der Waals surface area contributed by atoms with Gasteiger partial charge in [-0.05, 0) is 54.6 Å². The fourth-order valence-corrected chi connectivity index (χ4v) is 5.22. The van der Waals surface area contributed by atoms with Crippen LogP contribution in [-0.4, -0.2) is 71.1 Å². The average Bonchev–Trinajstić information content (AvgIpc) is 3.34. The van der Waals surface area contributed by atoms with E-state index in [0.29, 0.717) is 53.5 Å². The van der Waals surface area contributed by atoms with Gasteiger partial charge in [0.1, 0.15) is 17.5 Å². The second kappa shape index (κ2) is 11.4. The van der Waals surface area contributed by atoms with E-state index in [2.05, 4.69) is 10.3 Å². The zero-order valence-corrected chi connectivity index (χ0v) is 22.3. The van der Waals surface area contributed by atoms with Gasteiger partial charge in [0.25, 0.3) is 11.8 Å². The number of hydrogen-bond acceptors (Lipinski definition) is 6. The predicted octanol–water partition coefficient (Wildman–Crippen LogP) is 3.53. The Bertz CT molecular complexity index is 1340. The van der Waals surface area contributed by atoms with Crippen LogP contribution >= 0.6 is 11.6 Å². The van der Waals surface area contributed by atoms with Gasteiger partial charge in [-0.25, -0.2) is 0 Å². The quantitative estimate of drug-likeness (QED) is 0.506. The highest BCUT2D eigenvalue weighted by atomic mass is 35.5. The molecule has 2 aromatic carbocycles. The van der Waals surface area contributed by atoms with Gasteiger partial charge in [0.05, 0.1) is 26.0 Å². The standard InChI is InChI=1S/C29H29ClN4O5/c1-38-24-7-4-5-21(17-24)28(37)34-25(26(35)32-18-23-6-2-3-14-31-23)19-39-29(34)12-15-33(16-13-29)27(36)20-8-10-22(30)11-9-20/h2-11,14,17,25H,12-13,15-16,18-19H2,1H3,(H,32,35)/t25-/m1/s1. The minimum atomic E-state index is -1.02. The molecule has 0 aliphatic carbocycles. The van der Waals surface area contributed by atoms with E-state index in [-0.39, 0.29) is 30.9 Å². The summed E-state index contributed by atoms with van der Waals surface area (Å²) < 4.78 is 11.6. The molecule has 1 N–H and O–H groups in total. The smallest absolute Gasteiger partial charge is 0.257 e. The van der Waals surface area contributed by atoms with Crippen molar-refractivity contribution < 1.29 is 23.9 Å². The van der Waals surface area contributed by atoms with Crippen molar-refractivity contribution in [3.63, 3.8) is 0 Å². The summed E-state index contributed by atoms with van der Waals surface area (Å²) in [6.07, 6.45) is 2.39. The Hall–Kier alpha value is -3.95. The Morgan fingerprint density at radius 2 is 1.79 bits per heavy atom. The van der Waals surface area contributed by atoms with Crippen LogP contribution in [0, 0.1) is 0 Å². The molecule has 9 nitrogen and oxygen atoms in total. The minimum absolute atomic E-state index is 0.0505. The zero-order chi connectivity index (χ0) is 27.4. The molecule has 0 radical (unpaired) electrons. The maximum atomic E-state index is 14.0. The van der Waals surface area contributed by atoms with Crippen molar-refractivity contribution in [2.75, 3.05) is 26.8 Å². The average molecular weight is 549 g/mol. The molecule has 1 atom stereocenters. The normalized spacial score (nSPS) is 18.2. The molecular weight excluding hydrogens is 520 g/mol. The van der Waals surface area contributed by atoms with Crippen LogP contribution < -0.4 is 10.1 Å². The van der Waals surface area contributed by atoms with E-state index in [9.17, 15) is 14.4 Å². The van der Waals surface area contributed by atoms with Gasteiger partial charge in [0.15, 0.2) is 0 Å². The van der Waals surface area contributed by atoms with Gasteiger partial charge in [-0.3, -0.25) is 24.3 Å². The summed E-state index contributed by atoms with van der Waals surface area (Å²) in [5, 5.41) is 3.46. The molecule has 2 fully saturated rings. The number of hydrogen-bond donors (Lipinski definition) is 1. The molecule has 1 aromatic heterocycles. The number of ether oxygens (including phenoxy) is 2. The van der Waals surface area contributed by atoms with Crippen molar-refractivity contribution in [1.29, 1.82) is 0 Å². The molecule has 0 saturated carbocycles. The molecule has 0 bridgehead atoms. The molecular formula is C29H29ClN4O5. The van der Waals surface area contributed by atoms with Gasteiger partial charge >= 0.3 is 0 Å². The van der Waals surface area contributed by atoms with Gasteiger partial charge in [0.2, 0.25) is 5.91 Å². The highest BCUT2D eigenvalue weighted by Crippen LogP contribution is 2.39. The number of nitrogens with one attached hydrogen (secondary N) is 1. The first-order chi connectivity index (χ1) is 18.9. The number of piperidine rings is 1. The number of likely N-dealkylation sites (tertiary alicyclic amines) is 1. The molecule has 10 heteroatoms. The number of pyridine rings is 1. The Labute approximate surface area is 231 Å². The Morgan fingerprint density at radius 3 is 2.49 bits per heavy atom. The fraction of sp³-hybridized carbons (Fsp3) is 0.310.